The van der Waals surface area contributed by atoms with Crippen LogP contribution in [0.3, 0.4) is 0 Å². The van der Waals surface area contributed by atoms with Gasteiger partial charge in [0.05, 0.1) is 42.7 Å². The van der Waals surface area contributed by atoms with E-state index in [-0.39, 0.29) is 5.41 Å². The highest BCUT2D eigenvalue weighted by atomic mass is 16.5. The topological polar surface area (TPSA) is 55.4 Å². The number of hydrogen-bond acceptors (Lipinski definition) is 6. The van der Waals surface area contributed by atoms with E-state index >= 15 is 0 Å². The smallest absolute Gasteiger partial charge is 0.203 e. The van der Waals surface area contributed by atoms with Crippen LogP contribution in [0.2, 0.25) is 0 Å². The van der Waals surface area contributed by atoms with Crippen LogP contribution in [0.15, 0.2) is 84.9 Å². The monoisotopic (exact) mass is 542 g/mol. The van der Waals surface area contributed by atoms with Crippen molar-refractivity contribution in [1.29, 1.82) is 0 Å². The van der Waals surface area contributed by atoms with Crippen LogP contribution in [0, 0.1) is 0 Å². The molecular formula is C34H38O6. The van der Waals surface area contributed by atoms with Crippen LogP contribution in [0.5, 0.6) is 34.5 Å². The van der Waals surface area contributed by atoms with Crippen molar-refractivity contribution in [3.05, 3.63) is 107 Å². The van der Waals surface area contributed by atoms with Crippen molar-refractivity contribution in [2.75, 3.05) is 42.7 Å². The Kier molecular flexibility index (Phi) is 9.43. The standard InChI is InChI=1S/C34H38O6/c1-35-28-19-24(20-29(36-2)32(28)39-5)17-18-34(26-13-9-7-10-14-26,27-15-11-8-12-16-27)23-25-21-30(37-3)33(40-6)31(22-25)38-4/h7-16,19-22H,17-18,23H2,1-6H3. The van der Waals surface area contributed by atoms with E-state index in [1.807, 2.05) is 24.3 Å². The van der Waals surface area contributed by atoms with Gasteiger partial charge in [-0.2, -0.15) is 0 Å². The summed E-state index contributed by atoms with van der Waals surface area (Å²) in [5.41, 5.74) is 4.25. The van der Waals surface area contributed by atoms with E-state index in [9.17, 15) is 0 Å². The van der Waals surface area contributed by atoms with Gasteiger partial charge < -0.3 is 28.4 Å². The predicted octanol–water partition coefficient (Wildman–Crippen LogP) is 6.90. The summed E-state index contributed by atoms with van der Waals surface area (Å²) in [6.45, 7) is 0. The molecular weight excluding hydrogens is 504 g/mol. The van der Waals surface area contributed by atoms with E-state index in [4.69, 9.17) is 28.4 Å². The second-order valence-corrected chi connectivity index (χ2v) is 9.56. The Morgan fingerprint density at radius 2 is 0.850 bits per heavy atom. The molecule has 40 heavy (non-hydrogen) atoms. The molecule has 0 aromatic heterocycles. The van der Waals surface area contributed by atoms with Gasteiger partial charge in [-0.05, 0) is 65.8 Å². The summed E-state index contributed by atoms with van der Waals surface area (Å²) in [5.74, 6) is 3.73. The molecule has 0 unspecified atom stereocenters. The first kappa shape index (κ1) is 28.7. The van der Waals surface area contributed by atoms with Gasteiger partial charge in [-0.3, -0.25) is 0 Å². The lowest BCUT2D eigenvalue weighted by atomic mass is 9.67. The third-order valence-electron chi connectivity index (χ3n) is 7.45. The maximum absolute atomic E-state index is 5.70. The third kappa shape index (κ3) is 5.81. The molecule has 0 saturated carbocycles. The van der Waals surface area contributed by atoms with Gasteiger partial charge in [0.25, 0.3) is 0 Å². The van der Waals surface area contributed by atoms with Gasteiger partial charge in [0.1, 0.15) is 0 Å². The zero-order valence-corrected chi connectivity index (χ0v) is 24.2. The Morgan fingerprint density at radius 3 is 1.20 bits per heavy atom. The van der Waals surface area contributed by atoms with Gasteiger partial charge in [0.2, 0.25) is 11.5 Å². The van der Waals surface area contributed by atoms with E-state index in [1.54, 1.807) is 42.7 Å². The van der Waals surface area contributed by atoms with Crippen LogP contribution in [0.4, 0.5) is 0 Å². The molecule has 0 atom stereocenters. The Hall–Kier alpha value is -4.32. The number of benzene rings is 4. The minimum atomic E-state index is -0.368. The van der Waals surface area contributed by atoms with E-state index in [0.29, 0.717) is 40.9 Å². The van der Waals surface area contributed by atoms with Crippen molar-refractivity contribution >= 4 is 0 Å². The summed E-state index contributed by atoms with van der Waals surface area (Å²) in [7, 11) is 9.82. The second kappa shape index (κ2) is 13.2. The molecule has 4 aromatic rings. The molecule has 6 heteroatoms. The predicted molar refractivity (Wildman–Crippen MR) is 158 cm³/mol. The quantitative estimate of drug-likeness (QED) is 0.183. The zero-order valence-electron chi connectivity index (χ0n) is 24.2. The highest BCUT2D eigenvalue weighted by Gasteiger charge is 2.35. The van der Waals surface area contributed by atoms with Crippen LogP contribution in [0.1, 0.15) is 28.7 Å². The molecule has 210 valence electrons. The Morgan fingerprint density at radius 1 is 0.475 bits per heavy atom. The first-order chi connectivity index (χ1) is 19.5. The average Bonchev–Trinajstić information content (AvgIpc) is 3.02. The first-order valence-corrected chi connectivity index (χ1v) is 13.2. The number of rotatable bonds is 13. The number of aryl methyl sites for hydroxylation is 1. The first-order valence-electron chi connectivity index (χ1n) is 13.2. The number of ether oxygens (including phenoxy) is 6. The minimum absolute atomic E-state index is 0.368. The molecule has 0 N–H and O–H groups in total. The largest absolute Gasteiger partial charge is 0.493 e. The molecule has 0 amide bonds. The molecule has 0 aliphatic heterocycles. The maximum atomic E-state index is 5.70. The summed E-state index contributed by atoms with van der Waals surface area (Å²) in [4.78, 5) is 0. The van der Waals surface area contributed by atoms with Crippen molar-refractivity contribution < 1.29 is 28.4 Å². The Labute approximate surface area is 237 Å². The normalized spacial score (nSPS) is 11.1. The molecule has 0 bridgehead atoms. The van der Waals surface area contributed by atoms with Crippen LogP contribution >= 0.6 is 0 Å². The van der Waals surface area contributed by atoms with Crippen molar-refractivity contribution in [2.45, 2.75) is 24.7 Å². The molecule has 0 radical (unpaired) electrons. The van der Waals surface area contributed by atoms with E-state index < -0.39 is 0 Å². The van der Waals surface area contributed by atoms with Gasteiger partial charge in [-0.1, -0.05) is 60.7 Å². The fourth-order valence-corrected chi connectivity index (χ4v) is 5.49. The average molecular weight is 543 g/mol. The highest BCUT2D eigenvalue weighted by molar-refractivity contribution is 5.56. The minimum Gasteiger partial charge on any atom is -0.493 e. The molecule has 4 rings (SSSR count). The number of methoxy groups -OCH3 is 6. The van der Waals surface area contributed by atoms with Crippen molar-refractivity contribution in [2.24, 2.45) is 0 Å². The molecule has 0 fully saturated rings. The summed E-state index contributed by atoms with van der Waals surface area (Å²) >= 11 is 0. The fraction of sp³-hybridized carbons (Fsp3) is 0.294. The Balaban J connectivity index is 1.87. The molecule has 0 spiro atoms. The summed E-state index contributed by atoms with van der Waals surface area (Å²) in [6, 6.07) is 29.5. The van der Waals surface area contributed by atoms with Crippen molar-refractivity contribution in [1.82, 2.24) is 0 Å². The van der Waals surface area contributed by atoms with Crippen LogP contribution in [0.25, 0.3) is 0 Å². The zero-order chi connectivity index (χ0) is 28.5. The van der Waals surface area contributed by atoms with Gasteiger partial charge in [-0.25, -0.2) is 0 Å². The van der Waals surface area contributed by atoms with E-state index in [0.717, 1.165) is 24.0 Å². The summed E-state index contributed by atoms with van der Waals surface area (Å²) in [6.07, 6.45) is 2.30. The van der Waals surface area contributed by atoms with Gasteiger partial charge >= 0.3 is 0 Å². The van der Waals surface area contributed by atoms with E-state index in [2.05, 4.69) is 60.7 Å². The van der Waals surface area contributed by atoms with Gasteiger partial charge in [-0.15, -0.1) is 0 Å². The molecule has 6 nitrogen and oxygen atoms in total. The van der Waals surface area contributed by atoms with Gasteiger partial charge in [0, 0.05) is 5.41 Å². The second-order valence-electron chi connectivity index (χ2n) is 9.56. The van der Waals surface area contributed by atoms with Crippen LogP contribution in [-0.2, 0) is 18.3 Å². The lowest BCUT2D eigenvalue weighted by Gasteiger charge is -2.36. The molecule has 4 aromatic carbocycles. The van der Waals surface area contributed by atoms with Gasteiger partial charge in [0.15, 0.2) is 23.0 Å². The Bertz CT molecular complexity index is 1290. The number of hydrogen-bond donors (Lipinski definition) is 0. The van der Waals surface area contributed by atoms with Crippen LogP contribution in [-0.4, -0.2) is 42.7 Å². The molecule has 0 saturated heterocycles. The van der Waals surface area contributed by atoms with Crippen molar-refractivity contribution in [3.8, 4) is 34.5 Å². The maximum Gasteiger partial charge on any atom is 0.203 e. The third-order valence-corrected chi connectivity index (χ3v) is 7.45. The lowest BCUT2D eigenvalue weighted by Crippen LogP contribution is -2.31. The molecule has 0 aliphatic carbocycles. The molecule has 0 aliphatic rings. The SMILES string of the molecule is COc1cc(CCC(Cc2cc(OC)c(OC)c(OC)c2)(c2ccccc2)c2ccccc2)cc(OC)c1OC. The van der Waals surface area contributed by atoms with Crippen molar-refractivity contribution in [3.63, 3.8) is 0 Å². The lowest BCUT2D eigenvalue weighted by molar-refractivity contribution is 0.322. The van der Waals surface area contributed by atoms with Crippen LogP contribution < -0.4 is 28.4 Å². The highest BCUT2D eigenvalue weighted by Crippen LogP contribution is 2.45. The summed E-state index contributed by atoms with van der Waals surface area (Å²) in [5, 5.41) is 0. The summed E-state index contributed by atoms with van der Waals surface area (Å²) < 4.78 is 33.8. The fourth-order valence-electron chi connectivity index (χ4n) is 5.49. The van der Waals surface area contributed by atoms with E-state index in [1.165, 1.54) is 11.1 Å². The molecule has 0 heterocycles.